The summed E-state index contributed by atoms with van der Waals surface area (Å²) >= 11 is 0. The average Bonchev–Trinajstić information content (AvgIpc) is 3.49. The molecule has 2 unspecified atom stereocenters. The van der Waals surface area contributed by atoms with Crippen molar-refractivity contribution in [2.24, 2.45) is 0 Å². The van der Waals surface area contributed by atoms with Gasteiger partial charge in [-0.3, -0.25) is 19.8 Å². The van der Waals surface area contributed by atoms with Crippen LogP contribution in [0.15, 0.2) is 49.1 Å². The zero-order valence-corrected chi connectivity index (χ0v) is 29.9. The first-order valence-corrected chi connectivity index (χ1v) is 12.4. The summed E-state index contributed by atoms with van der Waals surface area (Å²) in [6.45, 7) is 13.9. The third-order valence-electron chi connectivity index (χ3n) is 5.89. The molecule has 36 heavy (non-hydrogen) atoms. The van der Waals surface area contributed by atoms with Crippen LogP contribution in [0.4, 0.5) is 0 Å². The molecule has 2 saturated heterocycles. The molecule has 0 spiro atoms. The topological polar surface area (TPSA) is 32.3 Å². The molecule has 2 aliphatic rings. The van der Waals surface area contributed by atoms with E-state index in [9.17, 15) is 0 Å². The van der Waals surface area contributed by atoms with Gasteiger partial charge in [-0.2, -0.15) is 12.8 Å². The van der Waals surface area contributed by atoms with Gasteiger partial charge in [-0.25, -0.2) is 0 Å². The van der Waals surface area contributed by atoms with Crippen LogP contribution in [0.2, 0.25) is 0 Å². The van der Waals surface area contributed by atoms with E-state index in [1.165, 1.54) is 62.7 Å². The van der Waals surface area contributed by atoms with Crippen LogP contribution < -0.4 is 0 Å². The van der Waals surface area contributed by atoms with Crippen molar-refractivity contribution in [2.75, 3.05) is 27.2 Å². The van der Waals surface area contributed by atoms with Gasteiger partial charge in [-0.1, -0.05) is 38.8 Å². The molecule has 4 rings (SSSR count). The largest absolute Gasteiger partial charge is 0.358 e. The predicted octanol–water partition coefficient (Wildman–Crippen LogP) is 7.83. The first-order valence-electron chi connectivity index (χ1n) is 12.4. The Labute approximate surface area is 276 Å². The first-order chi connectivity index (χ1) is 15.6. The maximum Gasteiger partial charge on any atom is 0.0360 e. The third-order valence-corrected chi connectivity index (χ3v) is 5.89. The summed E-state index contributed by atoms with van der Waals surface area (Å²) in [7, 11) is 4.37. The van der Waals surface area contributed by atoms with Crippen molar-refractivity contribution in [1.29, 1.82) is 0 Å². The molecule has 4 heterocycles. The van der Waals surface area contributed by atoms with Gasteiger partial charge in [0, 0.05) is 102 Å². The van der Waals surface area contributed by atoms with Crippen molar-refractivity contribution in [1.82, 2.24) is 19.8 Å². The number of pyridine rings is 2. The zero-order valence-electron chi connectivity index (χ0n) is 24.2. The van der Waals surface area contributed by atoms with Crippen molar-refractivity contribution in [3.63, 3.8) is 0 Å². The Kier molecular flexibility index (Phi) is 34.3. The quantitative estimate of drug-likeness (QED) is 0.317. The van der Waals surface area contributed by atoms with Crippen molar-refractivity contribution in [3.05, 3.63) is 88.9 Å². The maximum absolute atomic E-state index is 4.14. The second-order valence-corrected chi connectivity index (χ2v) is 8.56. The summed E-state index contributed by atoms with van der Waals surface area (Å²) in [4.78, 5) is 13.1. The van der Waals surface area contributed by atoms with Crippen LogP contribution in [-0.2, 0) is 65.4 Å². The molecule has 4 nitrogen and oxygen atoms in total. The van der Waals surface area contributed by atoms with Crippen molar-refractivity contribution in [3.8, 4) is 0 Å². The Bertz CT molecular complexity index is 610. The van der Waals surface area contributed by atoms with Crippen molar-refractivity contribution < 1.29 is 65.4 Å². The minimum Gasteiger partial charge on any atom is -0.358 e. The second kappa shape index (κ2) is 28.4. The van der Waals surface area contributed by atoms with Crippen LogP contribution in [0, 0.1) is 28.7 Å². The Morgan fingerprint density at radius 3 is 1.28 bits per heavy atom. The molecular weight excluding hydrogens is 594 g/mol. The molecule has 0 N–H and O–H groups in total. The summed E-state index contributed by atoms with van der Waals surface area (Å²) < 4.78 is 0. The third kappa shape index (κ3) is 17.8. The van der Waals surface area contributed by atoms with E-state index in [2.05, 4.69) is 73.7 Å². The van der Waals surface area contributed by atoms with Crippen molar-refractivity contribution >= 4 is 0 Å². The Morgan fingerprint density at radius 1 is 0.750 bits per heavy atom. The average molecular weight is 647 g/mol. The molecule has 2 aromatic rings. The molecule has 0 aliphatic carbocycles. The number of hydrogen-bond donors (Lipinski definition) is 0. The molecule has 0 saturated carbocycles. The van der Waals surface area contributed by atoms with E-state index in [-0.39, 0.29) is 80.3 Å². The number of unbranched alkanes of at least 4 members (excludes halogenated alkanes) is 2. The molecule has 2 radical (unpaired) electrons. The SMILES string of the molecule is CN1CCCC1c1cccnc1.CN1CCCC1c1cccnc1.[CH2-]CCC.[CH2-]CCC.[CH3-].[CH3-].[Y].[Y]. The van der Waals surface area contributed by atoms with Crippen LogP contribution in [-0.4, -0.2) is 47.0 Å². The fraction of sp³-hybridized carbons (Fsp3) is 0.533. The normalized spacial score (nSPS) is 18.1. The van der Waals surface area contributed by atoms with Gasteiger partial charge >= 0.3 is 0 Å². The Balaban J connectivity index is -0.000000203. The molecule has 202 valence electrons. The van der Waals surface area contributed by atoms with E-state index in [0.29, 0.717) is 12.1 Å². The monoisotopic (exact) mass is 646 g/mol. The standard InChI is InChI=1S/2C10H14N2.2C4H9.2CH3.2Y/c2*1-12-7-3-5-10(12)9-4-2-6-11-8-9;2*1-3-4-2;;;;/h2*2,4,6,8,10H,3,5,7H2,1H3;2*1,3-4H2,2H3;2*1H3;;/q;;4*-1;;. The Hall–Kier alpha value is 0.428. The van der Waals surface area contributed by atoms with Gasteiger partial charge in [-0.15, -0.1) is 0 Å². The van der Waals surface area contributed by atoms with E-state index >= 15 is 0 Å². The van der Waals surface area contributed by atoms with Crippen LogP contribution in [0.1, 0.15) is 88.4 Å². The maximum atomic E-state index is 4.14. The Morgan fingerprint density at radius 2 is 1.08 bits per heavy atom. The number of hydrogen-bond acceptors (Lipinski definition) is 4. The van der Waals surface area contributed by atoms with Crippen LogP contribution >= 0.6 is 0 Å². The fourth-order valence-corrected chi connectivity index (χ4v) is 3.81. The van der Waals surface area contributed by atoms with Gasteiger partial charge in [0.1, 0.15) is 0 Å². The predicted molar refractivity (Wildman–Crippen MR) is 151 cm³/mol. The second-order valence-electron chi connectivity index (χ2n) is 8.56. The number of likely N-dealkylation sites (tertiary alicyclic amines) is 2. The van der Waals surface area contributed by atoms with Gasteiger partial charge < -0.3 is 28.7 Å². The molecule has 0 bridgehead atoms. The van der Waals surface area contributed by atoms with Crippen LogP contribution in [0.3, 0.4) is 0 Å². The summed E-state index contributed by atoms with van der Waals surface area (Å²) in [6.07, 6.45) is 17.4. The molecule has 2 fully saturated rings. The summed E-state index contributed by atoms with van der Waals surface area (Å²) in [5.74, 6) is 0. The molecule has 6 heteroatoms. The van der Waals surface area contributed by atoms with Crippen LogP contribution in [0.25, 0.3) is 0 Å². The fourth-order valence-electron chi connectivity index (χ4n) is 3.81. The first kappa shape index (κ1) is 43.5. The molecular formula is C30H52N4Y2-4. The summed E-state index contributed by atoms with van der Waals surface area (Å²) in [5, 5.41) is 0. The summed E-state index contributed by atoms with van der Waals surface area (Å²) in [5.41, 5.74) is 2.72. The number of aromatic nitrogens is 2. The summed E-state index contributed by atoms with van der Waals surface area (Å²) in [6, 6.07) is 9.58. The molecule has 0 amide bonds. The zero-order chi connectivity index (χ0) is 23.6. The van der Waals surface area contributed by atoms with Gasteiger partial charge in [0.15, 0.2) is 0 Å². The van der Waals surface area contributed by atoms with Crippen molar-refractivity contribution in [2.45, 2.75) is 77.3 Å². The van der Waals surface area contributed by atoms with E-state index in [1.807, 2.05) is 36.9 Å². The molecule has 0 aromatic carbocycles. The molecule has 2 aliphatic heterocycles. The van der Waals surface area contributed by atoms with Gasteiger partial charge in [0.2, 0.25) is 0 Å². The van der Waals surface area contributed by atoms with Gasteiger partial charge in [0.25, 0.3) is 0 Å². The minimum atomic E-state index is 0. The van der Waals surface area contributed by atoms with Gasteiger partial charge in [0.05, 0.1) is 0 Å². The van der Waals surface area contributed by atoms with Crippen LogP contribution in [0.5, 0.6) is 0 Å². The smallest absolute Gasteiger partial charge is 0.0360 e. The number of rotatable bonds is 4. The minimum absolute atomic E-state index is 0. The van der Waals surface area contributed by atoms with E-state index in [4.69, 9.17) is 0 Å². The van der Waals surface area contributed by atoms with Gasteiger partial charge in [-0.05, 0) is 76.1 Å². The van der Waals surface area contributed by atoms with E-state index in [0.717, 1.165) is 12.8 Å². The van der Waals surface area contributed by atoms with E-state index < -0.39 is 0 Å². The number of nitrogens with zero attached hydrogens (tertiary/aromatic N) is 4. The molecule has 2 atom stereocenters. The molecule has 2 aromatic heterocycles. The van der Waals surface area contributed by atoms with E-state index in [1.54, 1.807) is 0 Å².